The van der Waals surface area contributed by atoms with Crippen molar-refractivity contribution in [1.29, 1.82) is 0 Å². The second-order valence-corrected chi connectivity index (χ2v) is 7.35. The Kier molecular flexibility index (Phi) is 8.61. The normalized spacial score (nSPS) is 14.6. The van der Waals surface area contributed by atoms with Crippen LogP contribution in [0, 0.1) is 5.92 Å². The Hall–Kier alpha value is -1.56. The Morgan fingerprint density at radius 2 is 1.96 bits per heavy atom. The smallest absolute Gasteiger partial charge is 0.224 e. The zero-order valence-electron chi connectivity index (χ0n) is 15.3. The fraction of sp³-hybridized carbons (Fsp3) is 0.500. The molecule has 1 aromatic heterocycles. The predicted octanol–water partition coefficient (Wildman–Crippen LogP) is 5.01. The molecule has 1 aliphatic carbocycles. The third-order valence-corrected chi connectivity index (χ3v) is 5.24. The van der Waals surface area contributed by atoms with Gasteiger partial charge in [0.15, 0.2) is 0 Å². The van der Waals surface area contributed by atoms with Gasteiger partial charge in [-0.15, -0.1) is 12.4 Å². The van der Waals surface area contributed by atoms with E-state index in [2.05, 4.69) is 15.6 Å². The van der Waals surface area contributed by atoms with Gasteiger partial charge in [-0.2, -0.15) is 0 Å². The highest BCUT2D eigenvalue weighted by molar-refractivity contribution is 6.35. The number of carbonyl (C=O) groups excluding carboxylic acids is 1. The summed E-state index contributed by atoms with van der Waals surface area (Å²) in [5, 5.41) is 16.4. The summed E-state index contributed by atoms with van der Waals surface area (Å²) in [5.41, 5.74) is 1.41. The predicted molar refractivity (Wildman–Crippen MR) is 114 cm³/mol. The quantitative estimate of drug-likeness (QED) is 0.559. The highest BCUT2D eigenvalue weighted by Crippen LogP contribution is 2.32. The molecule has 27 heavy (non-hydrogen) atoms. The lowest BCUT2D eigenvalue weighted by Gasteiger charge is -2.21. The molecule has 0 unspecified atom stereocenters. The number of nitrogens with zero attached hydrogens (tertiary/aromatic N) is 1. The van der Waals surface area contributed by atoms with Crippen LogP contribution in [-0.2, 0) is 4.79 Å². The van der Waals surface area contributed by atoms with Gasteiger partial charge >= 0.3 is 0 Å². The number of aliphatic hydroxyl groups is 1. The number of pyridine rings is 1. The SMILES string of the molecule is Cl.O=C(CC1CCCCC1)Nc1c(Cl)ccc2nc(NCCCO)ccc12. The van der Waals surface area contributed by atoms with E-state index in [4.69, 9.17) is 16.7 Å². The van der Waals surface area contributed by atoms with Crippen LogP contribution in [0.1, 0.15) is 44.9 Å². The van der Waals surface area contributed by atoms with Crippen molar-refractivity contribution in [3.8, 4) is 0 Å². The van der Waals surface area contributed by atoms with Crippen molar-refractivity contribution in [1.82, 2.24) is 4.98 Å². The van der Waals surface area contributed by atoms with Gasteiger partial charge in [0.2, 0.25) is 5.91 Å². The van der Waals surface area contributed by atoms with Crippen molar-refractivity contribution >= 4 is 52.3 Å². The van der Waals surface area contributed by atoms with Crippen molar-refractivity contribution < 1.29 is 9.90 Å². The van der Waals surface area contributed by atoms with Gasteiger partial charge in [0.1, 0.15) is 5.82 Å². The van der Waals surface area contributed by atoms with Crippen LogP contribution in [0.5, 0.6) is 0 Å². The molecule has 7 heteroatoms. The van der Waals surface area contributed by atoms with Gasteiger partial charge in [0.05, 0.1) is 16.2 Å². The minimum atomic E-state index is 0. The maximum Gasteiger partial charge on any atom is 0.224 e. The average Bonchev–Trinajstić information content (AvgIpc) is 2.65. The van der Waals surface area contributed by atoms with E-state index in [-0.39, 0.29) is 24.9 Å². The third-order valence-electron chi connectivity index (χ3n) is 4.92. The number of rotatable bonds is 7. The molecule has 1 aliphatic rings. The first-order valence-corrected chi connectivity index (χ1v) is 9.79. The molecule has 1 aromatic carbocycles. The lowest BCUT2D eigenvalue weighted by Crippen LogP contribution is -2.18. The molecular weight excluding hydrogens is 385 g/mol. The van der Waals surface area contributed by atoms with Crippen LogP contribution in [-0.4, -0.2) is 29.1 Å². The lowest BCUT2D eigenvalue weighted by molar-refractivity contribution is -0.117. The fourth-order valence-electron chi connectivity index (χ4n) is 3.54. The standard InChI is InChI=1S/C20H26ClN3O2.ClH/c21-16-8-9-17-15(7-10-18(23-17)22-11-4-12-25)20(16)24-19(26)13-14-5-2-1-3-6-14;/h7-10,14,25H,1-6,11-13H2,(H,22,23)(H,24,26);1H. The zero-order valence-corrected chi connectivity index (χ0v) is 16.9. The minimum Gasteiger partial charge on any atom is -0.396 e. The summed E-state index contributed by atoms with van der Waals surface area (Å²) in [4.78, 5) is 17.1. The molecule has 148 valence electrons. The van der Waals surface area contributed by atoms with Crippen molar-refractivity contribution in [3.05, 3.63) is 29.3 Å². The van der Waals surface area contributed by atoms with Crippen LogP contribution in [0.15, 0.2) is 24.3 Å². The number of halogens is 2. The van der Waals surface area contributed by atoms with Gasteiger partial charge < -0.3 is 15.7 Å². The van der Waals surface area contributed by atoms with Crippen molar-refractivity contribution in [2.24, 2.45) is 5.92 Å². The first kappa shape index (κ1) is 21.7. The molecule has 3 rings (SSSR count). The third kappa shape index (κ3) is 5.96. The molecule has 1 heterocycles. The summed E-state index contributed by atoms with van der Waals surface area (Å²) in [7, 11) is 0. The number of fused-ring (bicyclic) bond motifs is 1. The first-order chi connectivity index (χ1) is 12.7. The number of anilines is 2. The van der Waals surface area contributed by atoms with Crippen LogP contribution in [0.3, 0.4) is 0 Å². The van der Waals surface area contributed by atoms with E-state index >= 15 is 0 Å². The summed E-state index contributed by atoms with van der Waals surface area (Å²) in [5.74, 6) is 1.25. The Morgan fingerprint density at radius 1 is 1.19 bits per heavy atom. The molecule has 1 fully saturated rings. The molecular formula is C20H27Cl2N3O2. The number of aliphatic hydroxyl groups excluding tert-OH is 1. The zero-order chi connectivity index (χ0) is 18.4. The summed E-state index contributed by atoms with van der Waals surface area (Å²) in [6, 6.07) is 7.41. The summed E-state index contributed by atoms with van der Waals surface area (Å²) >= 11 is 6.35. The first-order valence-electron chi connectivity index (χ1n) is 9.41. The number of hydrogen-bond acceptors (Lipinski definition) is 4. The number of benzene rings is 1. The molecule has 5 nitrogen and oxygen atoms in total. The molecule has 1 saturated carbocycles. The lowest BCUT2D eigenvalue weighted by atomic mass is 9.87. The number of nitrogens with one attached hydrogen (secondary N) is 2. The summed E-state index contributed by atoms with van der Waals surface area (Å²) in [6.07, 6.45) is 7.24. The van der Waals surface area contributed by atoms with Gasteiger partial charge in [-0.3, -0.25) is 4.79 Å². The molecule has 0 aliphatic heterocycles. The number of aromatic nitrogens is 1. The topological polar surface area (TPSA) is 74.2 Å². The maximum atomic E-state index is 12.5. The second kappa shape index (κ2) is 10.7. The Balaban J connectivity index is 0.00000261. The molecule has 0 saturated heterocycles. The van der Waals surface area contributed by atoms with Crippen LogP contribution in [0.4, 0.5) is 11.5 Å². The molecule has 1 amide bonds. The number of hydrogen-bond donors (Lipinski definition) is 3. The highest BCUT2D eigenvalue weighted by Gasteiger charge is 2.18. The van der Waals surface area contributed by atoms with E-state index in [9.17, 15) is 4.79 Å². The Morgan fingerprint density at radius 3 is 2.70 bits per heavy atom. The average molecular weight is 412 g/mol. The van der Waals surface area contributed by atoms with Gasteiger partial charge in [-0.1, -0.05) is 30.9 Å². The van der Waals surface area contributed by atoms with Crippen LogP contribution < -0.4 is 10.6 Å². The number of carbonyl (C=O) groups is 1. The van der Waals surface area contributed by atoms with E-state index in [0.717, 1.165) is 29.6 Å². The van der Waals surface area contributed by atoms with Gasteiger partial charge in [-0.05, 0) is 49.4 Å². The number of amides is 1. The molecule has 0 radical (unpaired) electrons. The molecule has 3 N–H and O–H groups in total. The largest absolute Gasteiger partial charge is 0.396 e. The van der Waals surface area contributed by atoms with E-state index in [1.807, 2.05) is 18.2 Å². The molecule has 2 aromatic rings. The summed E-state index contributed by atoms with van der Waals surface area (Å²) < 4.78 is 0. The maximum absolute atomic E-state index is 12.5. The molecule has 0 atom stereocenters. The van der Waals surface area contributed by atoms with E-state index in [0.29, 0.717) is 36.0 Å². The van der Waals surface area contributed by atoms with Gasteiger partial charge in [0, 0.05) is 25.0 Å². The van der Waals surface area contributed by atoms with Crippen LogP contribution in [0.25, 0.3) is 10.9 Å². The Labute approximate surface area is 171 Å². The van der Waals surface area contributed by atoms with Crippen molar-refractivity contribution in [2.45, 2.75) is 44.9 Å². The van der Waals surface area contributed by atoms with Gasteiger partial charge in [-0.25, -0.2) is 4.98 Å². The summed E-state index contributed by atoms with van der Waals surface area (Å²) in [6.45, 7) is 0.806. The highest BCUT2D eigenvalue weighted by atomic mass is 35.5. The minimum absolute atomic E-state index is 0. The second-order valence-electron chi connectivity index (χ2n) is 6.95. The Bertz CT molecular complexity index is 764. The fourth-order valence-corrected chi connectivity index (χ4v) is 3.75. The molecule has 0 spiro atoms. The van der Waals surface area contributed by atoms with Crippen molar-refractivity contribution in [3.63, 3.8) is 0 Å². The monoisotopic (exact) mass is 411 g/mol. The van der Waals surface area contributed by atoms with E-state index in [1.54, 1.807) is 6.07 Å². The van der Waals surface area contributed by atoms with Crippen LogP contribution >= 0.6 is 24.0 Å². The van der Waals surface area contributed by atoms with Crippen LogP contribution in [0.2, 0.25) is 5.02 Å². The molecule has 0 bridgehead atoms. The van der Waals surface area contributed by atoms with Gasteiger partial charge in [0.25, 0.3) is 0 Å². The van der Waals surface area contributed by atoms with E-state index < -0.39 is 0 Å². The van der Waals surface area contributed by atoms with Crippen molar-refractivity contribution in [2.75, 3.05) is 23.8 Å². The van der Waals surface area contributed by atoms with E-state index in [1.165, 1.54) is 19.3 Å².